The smallest absolute Gasteiger partial charge is 0.217 e. The Bertz CT molecular complexity index is 1020. The summed E-state index contributed by atoms with van der Waals surface area (Å²) in [6, 6.07) is 18.6. The number of benzene rings is 2. The molecule has 0 spiro atoms. The number of hydrogen-bond donors (Lipinski definition) is 1. The average molecular weight is 393 g/mol. The summed E-state index contributed by atoms with van der Waals surface area (Å²) in [7, 11) is 0. The third-order valence-electron chi connectivity index (χ3n) is 5.41. The monoisotopic (exact) mass is 392 g/mol. The van der Waals surface area contributed by atoms with Crippen molar-refractivity contribution in [1.29, 1.82) is 0 Å². The van der Waals surface area contributed by atoms with E-state index in [0.29, 0.717) is 6.54 Å². The van der Waals surface area contributed by atoms with E-state index in [1.807, 2.05) is 18.2 Å². The lowest BCUT2D eigenvalue weighted by Crippen LogP contribution is -2.22. The molecule has 1 N–H and O–H groups in total. The quantitative estimate of drug-likeness (QED) is 0.607. The first-order chi connectivity index (χ1) is 13.4. The third kappa shape index (κ3) is 3.47. The molecule has 0 fully saturated rings. The van der Waals surface area contributed by atoms with Crippen molar-refractivity contribution in [3.8, 4) is 22.3 Å². The number of rotatable bonds is 4. The number of amides is 1. The summed E-state index contributed by atoms with van der Waals surface area (Å²) in [5, 5.41) is 3.74. The molecule has 0 bridgehead atoms. The largest absolute Gasteiger partial charge is 0.351 e. The molecule has 2 heterocycles. The van der Waals surface area contributed by atoms with E-state index in [9.17, 15) is 4.79 Å². The molecular weight excluding hydrogens is 368 g/mol. The number of nitrogens with one attached hydrogen (secondary N) is 1. The lowest BCUT2D eigenvalue weighted by molar-refractivity contribution is -0.119. The molecule has 28 heavy (non-hydrogen) atoms. The van der Waals surface area contributed by atoms with Gasteiger partial charge in [-0.15, -0.1) is 0 Å². The van der Waals surface area contributed by atoms with Crippen LogP contribution in [0.1, 0.15) is 32.2 Å². The van der Waals surface area contributed by atoms with Gasteiger partial charge in [-0.25, -0.2) is 0 Å². The summed E-state index contributed by atoms with van der Waals surface area (Å²) < 4.78 is 2.42. The van der Waals surface area contributed by atoms with Crippen molar-refractivity contribution in [3.63, 3.8) is 0 Å². The van der Waals surface area contributed by atoms with Crippen LogP contribution < -0.4 is 5.32 Å². The van der Waals surface area contributed by atoms with Gasteiger partial charge in [0.2, 0.25) is 5.91 Å². The predicted molar refractivity (Wildman–Crippen MR) is 115 cm³/mol. The first kappa shape index (κ1) is 18.8. The van der Waals surface area contributed by atoms with Crippen molar-refractivity contribution in [2.24, 2.45) is 5.41 Å². The Hall–Kier alpha value is -2.52. The second-order valence-corrected chi connectivity index (χ2v) is 8.79. The van der Waals surface area contributed by atoms with Crippen LogP contribution in [0.15, 0.2) is 54.6 Å². The number of nitrogens with zero attached hydrogens (tertiary/aromatic N) is 1. The Morgan fingerprint density at radius 2 is 1.68 bits per heavy atom. The van der Waals surface area contributed by atoms with Gasteiger partial charge in [0.15, 0.2) is 0 Å². The predicted octanol–water partition coefficient (Wildman–Crippen LogP) is 5.69. The molecule has 4 rings (SSSR count). The van der Waals surface area contributed by atoms with Crippen LogP contribution in [0.25, 0.3) is 22.3 Å². The van der Waals surface area contributed by atoms with Crippen LogP contribution in [-0.2, 0) is 24.3 Å². The molecule has 0 saturated carbocycles. The number of halogens is 1. The summed E-state index contributed by atoms with van der Waals surface area (Å²) >= 11 is 6.15. The number of fused-ring (bicyclic) bond motifs is 1. The molecule has 1 amide bonds. The minimum atomic E-state index is -0.0175. The molecule has 144 valence electrons. The lowest BCUT2D eigenvalue weighted by atomic mass is 9.86. The first-order valence-electron chi connectivity index (χ1n) is 9.66. The van der Waals surface area contributed by atoms with Gasteiger partial charge in [0.1, 0.15) is 0 Å². The molecule has 0 saturated heterocycles. The average Bonchev–Trinajstić information content (AvgIpc) is 3.11. The fraction of sp³-hybridized carbons (Fsp3) is 0.292. The Labute approximate surface area is 171 Å². The maximum Gasteiger partial charge on any atom is 0.217 e. The van der Waals surface area contributed by atoms with Gasteiger partial charge in [0, 0.05) is 41.0 Å². The second-order valence-electron chi connectivity index (χ2n) is 8.35. The molecule has 2 aromatic carbocycles. The van der Waals surface area contributed by atoms with Crippen molar-refractivity contribution in [2.75, 3.05) is 0 Å². The molecule has 1 aromatic heterocycles. The van der Waals surface area contributed by atoms with Gasteiger partial charge in [0.05, 0.1) is 6.54 Å². The molecule has 3 aromatic rings. The van der Waals surface area contributed by atoms with E-state index in [-0.39, 0.29) is 11.3 Å². The van der Waals surface area contributed by atoms with Gasteiger partial charge >= 0.3 is 0 Å². The second kappa shape index (κ2) is 7.14. The Morgan fingerprint density at radius 1 is 1.04 bits per heavy atom. The van der Waals surface area contributed by atoms with Crippen LogP contribution in [0, 0.1) is 5.41 Å². The fourth-order valence-corrected chi connectivity index (χ4v) is 4.39. The molecule has 0 atom stereocenters. The topological polar surface area (TPSA) is 34.0 Å². The van der Waals surface area contributed by atoms with E-state index in [1.54, 1.807) is 6.92 Å². The highest BCUT2D eigenvalue weighted by Gasteiger charge is 2.35. The summed E-state index contributed by atoms with van der Waals surface area (Å²) in [5.74, 6) is -0.0175. The van der Waals surface area contributed by atoms with Crippen molar-refractivity contribution < 1.29 is 4.79 Å². The van der Waals surface area contributed by atoms with Crippen molar-refractivity contribution >= 4 is 17.5 Å². The fourth-order valence-electron chi connectivity index (χ4n) is 4.27. The van der Waals surface area contributed by atoms with Crippen LogP contribution in [0.3, 0.4) is 0 Å². The summed E-state index contributed by atoms with van der Waals surface area (Å²) in [6.07, 6.45) is 1.01. The summed E-state index contributed by atoms with van der Waals surface area (Å²) in [6.45, 7) is 7.64. The Kier molecular flexibility index (Phi) is 4.80. The molecule has 1 aliphatic rings. The van der Waals surface area contributed by atoms with E-state index in [4.69, 9.17) is 11.6 Å². The van der Waals surface area contributed by atoms with E-state index in [2.05, 4.69) is 60.1 Å². The van der Waals surface area contributed by atoms with E-state index < -0.39 is 0 Å². The molecule has 1 aliphatic heterocycles. The van der Waals surface area contributed by atoms with Crippen molar-refractivity contribution in [1.82, 2.24) is 9.88 Å². The van der Waals surface area contributed by atoms with Gasteiger partial charge in [-0.1, -0.05) is 67.9 Å². The minimum absolute atomic E-state index is 0.0175. The highest BCUT2D eigenvalue weighted by Crippen LogP contribution is 2.46. The zero-order chi connectivity index (χ0) is 19.9. The molecule has 0 aliphatic carbocycles. The van der Waals surface area contributed by atoms with Crippen molar-refractivity contribution in [3.05, 3.63) is 71.0 Å². The van der Waals surface area contributed by atoms with Crippen LogP contribution in [0.5, 0.6) is 0 Å². The molecule has 0 radical (unpaired) electrons. The Morgan fingerprint density at radius 3 is 2.32 bits per heavy atom. The van der Waals surface area contributed by atoms with Crippen molar-refractivity contribution in [2.45, 2.75) is 40.3 Å². The van der Waals surface area contributed by atoms with E-state index >= 15 is 0 Å². The maximum absolute atomic E-state index is 11.7. The zero-order valence-corrected chi connectivity index (χ0v) is 17.3. The van der Waals surface area contributed by atoms with Gasteiger partial charge in [0.25, 0.3) is 0 Å². The lowest BCUT2D eigenvalue weighted by Gasteiger charge is -2.19. The van der Waals surface area contributed by atoms with Gasteiger partial charge in [-0.05, 0) is 35.1 Å². The van der Waals surface area contributed by atoms with Crippen LogP contribution >= 0.6 is 11.6 Å². The minimum Gasteiger partial charge on any atom is -0.351 e. The summed E-state index contributed by atoms with van der Waals surface area (Å²) in [4.78, 5) is 11.7. The van der Waals surface area contributed by atoms with E-state index in [0.717, 1.165) is 29.2 Å². The number of carbonyl (C=O) groups excluding carboxylic acids is 1. The molecule has 0 unspecified atom stereocenters. The SMILES string of the molecule is CC(=O)NCc1c(-c2ccc(Cl)cc2)c(-c2ccccc2)c2n1CC(C)(C)C2. The highest BCUT2D eigenvalue weighted by atomic mass is 35.5. The first-order valence-corrected chi connectivity index (χ1v) is 10.0. The number of aromatic nitrogens is 1. The van der Waals surface area contributed by atoms with Crippen LogP contribution in [0.4, 0.5) is 0 Å². The zero-order valence-electron chi connectivity index (χ0n) is 16.6. The van der Waals surface area contributed by atoms with E-state index in [1.165, 1.54) is 22.4 Å². The van der Waals surface area contributed by atoms with Crippen LogP contribution in [-0.4, -0.2) is 10.5 Å². The number of carbonyl (C=O) groups is 1. The van der Waals surface area contributed by atoms with Gasteiger partial charge in [-0.3, -0.25) is 4.79 Å². The molecular formula is C24H25ClN2O. The van der Waals surface area contributed by atoms with Gasteiger partial charge in [-0.2, -0.15) is 0 Å². The molecule has 3 nitrogen and oxygen atoms in total. The summed E-state index contributed by atoms with van der Waals surface area (Å²) in [5.41, 5.74) is 7.52. The normalized spacial score (nSPS) is 14.7. The number of hydrogen-bond acceptors (Lipinski definition) is 1. The van der Waals surface area contributed by atoms with Gasteiger partial charge < -0.3 is 9.88 Å². The van der Waals surface area contributed by atoms with Crippen LogP contribution in [0.2, 0.25) is 5.02 Å². The highest BCUT2D eigenvalue weighted by molar-refractivity contribution is 6.30. The third-order valence-corrected chi connectivity index (χ3v) is 5.66. The standard InChI is InChI=1S/C24H25ClN2O/c1-16(28)26-14-21-23(18-9-11-19(25)12-10-18)22(17-7-5-4-6-8-17)20-13-24(2,3)15-27(20)21/h4-12H,13-15H2,1-3H3,(H,26,28). The molecule has 4 heteroatoms. The maximum atomic E-state index is 11.7. The Balaban J connectivity index is 1.99.